The normalized spacial score (nSPS) is 21.0. The Hall–Kier alpha value is -2.22. The van der Waals surface area contributed by atoms with Crippen LogP contribution in [0.5, 0.6) is 0 Å². The maximum atomic E-state index is 9.03. The number of imidazole rings is 1. The first-order valence-corrected chi connectivity index (χ1v) is 11.2. The molecule has 7 heteroatoms. The molecule has 2 aromatic rings. The number of hydrogen-bond acceptors (Lipinski definition) is 6. The molecule has 2 fully saturated rings. The zero-order chi connectivity index (χ0) is 20.6. The first-order valence-electron chi connectivity index (χ1n) is 11.2. The second kappa shape index (κ2) is 10.7. The minimum absolute atomic E-state index is 0.267. The molecule has 1 aliphatic heterocycles. The Kier molecular flexibility index (Phi) is 7.50. The van der Waals surface area contributed by atoms with E-state index in [0.29, 0.717) is 5.92 Å². The molecule has 30 heavy (non-hydrogen) atoms. The molecular weight excluding hydrogens is 376 g/mol. The number of pyridine rings is 1. The number of aromatic nitrogens is 3. The van der Waals surface area contributed by atoms with Gasteiger partial charge in [0.05, 0.1) is 6.61 Å². The molecule has 1 aliphatic carbocycles. The molecule has 3 heterocycles. The van der Waals surface area contributed by atoms with Crippen LogP contribution in [-0.4, -0.2) is 81.9 Å². The van der Waals surface area contributed by atoms with Gasteiger partial charge in [-0.3, -0.25) is 14.4 Å². The van der Waals surface area contributed by atoms with Crippen molar-refractivity contribution in [2.24, 2.45) is 0 Å². The van der Waals surface area contributed by atoms with Crippen molar-refractivity contribution in [2.45, 2.75) is 31.6 Å². The summed E-state index contributed by atoms with van der Waals surface area (Å²) in [5, 5.41) is 12.6. The van der Waals surface area contributed by atoms with E-state index in [0.717, 1.165) is 51.6 Å². The molecule has 2 aromatic heterocycles. The number of aliphatic hydroxyl groups excluding tert-OH is 1. The number of hydrogen-bond donors (Lipinski definition) is 2. The predicted octanol–water partition coefficient (Wildman–Crippen LogP) is 2.01. The topological polar surface area (TPSA) is 69.5 Å². The van der Waals surface area contributed by atoms with Gasteiger partial charge in [0.15, 0.2) is 0 Å². The summed E-state index contributed by atoms with van der Waals surface area (Å²) in [5.41, 5.74) is 2.90. The van der Waals surface area contributed by atoms with Gasteiger partial charge in [-0.25, -0.2) is 9.97 Å². The molecule has 0 spiro atoms. The van der Waals surface area contributed by atoms with Crippen molar-refractivity contribution >= 4 is 0 Å². The molecule has 2 N–H and O–H groups in total. The summed E-state index contributed by atoms with van der Waals surface area (Å²) in [7, 11) is 0. The highest BCUT2D eigenvalue weighted by Crippen LogP contribution is 2.35. The van der Waals surface area contributed by atoms with E-state index in [9.17, 15) is 0 Å². The van der Waals surface area contributed by atoms with Crippen LogP contribution in [0.1, 0.15) is 37.2 Å². The smallest absolute Gasteiger partial charge is 0.137 e. The molecule has 0 unspecified atom stereocenters. The molecule has 0 atom stereocenters. The Labute approximate surface area is 179 Å². The van der Waals surface area contributed by atoms with Crippen LogP contribution >= 0.6 is 0 Å². The van der Waals surface area contributed by atoms with Gasteiger partial charge in [0.2, 0.25) is 0 Å². The minimum Gasteiger partial charge on any atom is -0.395 e. The number of β-amino-alcohol motifs (C(OH)–C–C–N with tert-alkyl or cyclic N) is 1. The molecule has 0 radical (unpaired) electrons. The number of rotatable bonds is 8. The monoisotopic (exact) mass is 410 g/mol. The van der Waals surface area contributed by atoms with Crippen LogP contribution in [0.15, 0.2) is 48.8 Å². The van der Waals surface area contributed by atoms with Gasteiger partial charge in [0.1, 0.15) is 12.1 Å². The lowest BCUT2D eigenvalue weighted by Gasteiger charge is -2.34. The van der Waals surface area contributed by atoms with E-state index in [1.54, 1.807) is 18.1 Å². The van der Waals surface area contributed by atoms with Crippen LogP contribution in [0.25, 0.3) is 5.82 Å². The number of nitrogens with one attached hydrogen (secondary N) is 1. The lowest BCUT2D eigenvalue weighted by atomic mass is 9.82. The highest BCUT2D eigenvalue weighted by molar-refractivity contribution is 5.28. The summed E-state index contributed by atoms with van der Waals surface area (Å²) < 4.78 is 1.94. The molecule has 4 rings (SSSR count). The van der Waals surface area contributed by atoms with Gasteiger partial charge in [0.25, 0.3) is 0 Å². The summed E-state index contributed by atoms with van der Waals surface area (Å²) >= 11 is 0. The number of allylic oxidation sites excluding steroid dienone is 1. The molecule has 2 aliphatic rings. The van der Waals surface area contributed by atoms with Crippen molar-refractivity contribution in [1.82, 2.24) is 29.7 Å². The van der Waals surface area contributed by atoms with E-state index in [2.05, 4.69) is 43.4 Å². The predicted molar refractivity (Wildman–Crippen MR) is 119 cm³/mol. The zero-order valence-corrected chi connectivity index (χ0v) is 17.8. The average Bonchev–Trinajstić information content (AvgIpc) is 3.34. The highest BCUT2D eigenvalue weighted by atomic mass is 16.3. The fourth-order valence-electron chi connectivity index (χ4n) is 4.47. The number of piperazine rings is 1. The molecule has 7 nitrogen and oxygen atoms in total. The molecule has 0 bridgehead atoms. The highest BCUT2D eigenvalue weighted by Gasteiger charge is 2.19. The van der Waals surface area contributed by atoms with Crippen molar-refractivity contribution in [3.63, 3.8) is 0 Å². The second-order valence-electron chi connectivity index (χ2n) is 8.36. The van der Waals surface area contributed by atoms with Gasteiger partial charge in [-0.15, -0.1) is 0 Å². The SMILES string of the molecule is OCCN1CCN(CCNC=C2CCC(c3ccc(-n4ccnc4)nc3)CC2)CC1. The summed E-state index contributed by atoms with van der Waals surface area (Å²) in [4.78, 5) is 13.5. The molecule has 0 aromatic carbocycles. The first-order chi connectivity index (χ1) is 14.8. The van der Waals surface area contributed by atoms with Crippen molar-refractivity contribution in [3.05, 3.63) is 54.4 Å². The number of nitrogens with zero attached hydrogens (tertiary/aromatic N) is 5. The zero-order valence-electron chi connectivity index (χ0n) is 17.8. The summed E-state index contributed by atoms with van der Waals surface area (Å²) in [6.45, 7) is 7.53. The average molecular weight is 411 g/mol. The van der Waals surface area contributed by atoms with Crippen LogP contribution in [0.2, 0.25) is 0 Å². The Morgan fingerprint density at radius 3 is 2.47 bits per heavy atom. The fourth-order valence-corrected chi connectivity index (χ4v) is 4.47. The maximum absolute atomic E-state index is 9.03. The van der Waals surface area contributed by atoms with Crippen molar-refractivity contribution in [1.29, 1.82) is 0 Å². The first kappa shape index (κ1) is 21.0. The van der Waals surface area contributed by atoms with Gasteiger partial charge in [0, 0.05) is 64.4 Å². The Morgan fingerprint density at radius 1 is 1.07 bits per heavy atom. The van der Waals surface area contributed by atoms with E-state index >= 15 is 0 Å². The Bertz CT molecular complexity index is 771. The second-order valence-corrected chi connectivity index (χ2v) is 8.36. The van der Waals surface area contributed by atoms with Gasteiger partial charge in [-0.2, -0.15) is 0 Å². The van der Waals surface area contributed by atoms with Gasteiger partial charge >= 0.3 is 0 Å². The Balaban J connectivity index is 1.15. The fraction of sp³-hybridized carbons (Fsp3) is 0.565. The van der Waals surface area contributed by atoms with E-state index in [1.807, 2.05) is 17.0 Å². The Morgan fingerprint density at radius 2 is 1.83 bits per heavy atom. The lowest BCUT2D eigenvalue weighted by molar-refractivity contribution is 0.114. The van der Waals surface area contributed by atoms with Gasteiger partial charge in [-0.05, 0) is 49.4 Å². The van der Waals surface area contributed by atoms with Gasteiger partial charge in [-0.1, -0.05) is 11.6 Å². The van der Waals surface area contributed by atoms with E-state index in [4.69, 9.17) is 5.11 Å². The maximum Gasteiger partial charge on any atom is 0.137 e. The van der Waals surface area contributed by atoms with Crippen molar-refractivity contribution in [3.8, 4) is 5.82 Å². The van der Waals surface area contributed by atoms with E-state index < -0.39 is 0 Å². The molecule has 0 amide bonds. The quantitative estimate of drug-likeness (QED) is 0.649. The van der Waals surface area contributed by atoms with Crippen molar-refractivity contribution < 1.29 is 5.11 Å². The van der Waals surface area contributed by atoms with Crippen LogP contribution in [0.4, 0.5) is 0 Å². The third kappa shape index (κ3) is 5.68. The van der Waals surface area contributed by atoms with Gasteiger partial charge < -0.3 is 10.4 Å². The molecule has 1 saturated heterocycles. The molecule has 1 saturated carbocycles. The number of aliphatic hydroxyl groups is 1. The molecular formula is C23H34N6O. The largest absolute Gasteiger partial charge is 0.395 e. The minimum atomic E-state index is 0.267. The standard InChI is InChI=1S/C23H34N6O/c30-16-15-28-13-11-27(12-14-28)9-7-24-17-20-1-3-21(4-2-20)22-5-6-23(26-18-22)29-10-8-25-19-29/h5-6,8,10,17-19,21,24,30H,1-4,7,9,11-16H2. The summed E-state index contributed by atoms with van der Waals surface area (Å²) in [6, 6.07) is 4.31. The van der Waals surface area contributed by atoms with Crippen LogP contribution in [0, 0.1) is 0 Å². The van der Waals surface area contributed by atoms with E-state index in [1.165, 1.54) is 31.2 Å². The summed E-state index contributed by atoms with van der Waals surface area (Å²) in [6.07, 6.45) is 14.5. The van der Waals surface area contributed by atoms with Crippen molar-refractivity contribution in [2.75, 3.05) is 52.4 Å². The third-order valence-electron chi connectivity index (χ3n) is 6.40. The van der Waals surface area contributed by atoms with Crippen LogP contribution < -0.4 is 5.32 Å². The van der Waals surface area contributed by atoms with Crippen LogP contribution in [-0.2, 0) is 0 Å². The van der Waals surface area contributed by atoms with Crippen LogP contribution in [0.3, 0.4) is 0 Å². The third-order valence-corrected chi connectivity index (χ3v) is 6.40. The van der Waals surface area contributed by atoms with E-state index in [-0.39, 0.29) is 6.61 Å². The summed E-state index contributed by atoms with van der Waals surface area (Å²) in [5.74, 6) is 1.54. The molecule has 162 valence electrons. The lowest BCUT2D eigenvalue weighted by Crippen LogP contribution is -2.48.